The van der Waals surface area contributed by atoms with Gasteiger partial charge in [-0.3, -0.25) is 0 Å². The van der Waals surface area contributed by atoms with Gasteiger partial charge >= 0.3 is 6.03 Å². The van der Waals surface area contributed by atoms with E-state index in [2.05, 4.69) is 11.9 Å². The fourth-order valence-corrected chi connectivity index (χ4v) is 2.24. The number of nitrogens with zero attached hydrogens (tertiary/aromatic N) is 2. The molecular formula is C15H21N3O3. The molecule has 1 aliphatic rings. The molecule has 21 heavy (non-hydrogen) atoms. The van der Waals surface area contributed by atoms with Crippen molar-refractivity contribution in [3.63, 3.8) is 0 Å². The molecule has 0 radical (unpaired) electrons. The number of hydrogen-bond acceptors (Lipinski definition) is 4. The van der Waals surface area contributed by atoms with Gasteiger partial charge in [0.15, 0.2) is 0 Å². The molecule has 0 aromatic heterocycles. The third kappa shape index (κ3) is 3.52. The van der Waals surface area contributed by atoms with Gasteiger partial charge in [-0.25, -0.2) is 4.79 Å². The van der Waals surface area contributed by atoms with Gasteiger partial charge in [-0.15, -0.1) is 0 Å². The largest absolute Gasteiger partial charge is 0.494 e. The van der Waals surface area contributed by atoms with Crippen molar-refractivity contribution in [2.45, 2.75) is 19.4 Å². The Kier molecular flexibility index (Phi) is 5.16. The van der Waals surface area contributed by atoms with E-state index in [1.807, 2.05) is 24.3 Å². The first-order chi connectivity index (χ1) is 10.2. The smallest absolute Gasteiger partial charge is 0.346 e. The average molecular weight is 291 g/mol. The molecule has 1 aromatic carbocycles. The lowest BCUT2D eigenvalue weighted by atomic mass is 10.1. The molecule has 1 aliphatic heterocycles. The van der Waals surface area contributed by atoms with Crippen LogP contribution in [0, 0.1) is 0 Å². The number of methoxy groups -OCH3 is 1. The molecule has 2 amide bonds. The van der Waals surface area contributed by atoms with Crippen molar-refractivity contribution >= 4 is 11.9 Å². The van der Waals surface area contributed by atoms with Crippen LogP contribution in [0.2, 0.25) is 0 Å². The number of amides is 2. The highest BCUT2D eigenvalue weighted by molar-refractivity contribution is 6.03. The van der Waals surface area contributed by atoms with Crippen molar-refractivity contribution in [2.24, 2.45) is 10.7 Å². The SMILES string of the molecule is CCCOc1ccc(C2C(N)=NC(=O)N2CCOC)cc1. The number of carbonyl (C=O) groups excluding carboxylic acids is 1. The summed E-state index contributed by atoms with van der Waals surface area (Å²) in [6.45, 7) is 3.65. The summed E-state index contributed by atoms with van der Waals surface area (Å²) in [5.41, 5.74) is 6.82. The molecule has 2 rings (SSSR count). The Morgan fingerprint density at radius 1 is 1.29 bits per heavy atom. The van der Waals surface area contributed by atoms with E-state index in [0.717, 1.165) is 17.7 Å². The van der Waals surface area contributed by atoms with Crippen LogP contribution in [0.3, 0.4) is 0 Å². The van der Waals surface area contributed by atoms with Gasteiger partial charge in [0.2, 0.25) is 0 Å². The van der Waals surface area contributed by atoms with Crippen molar-refractivity contribution in [1.29, 1.82) is 0 Å². The van der Waals surface area contributed by atoms with E-state index in [4.69, 9.17) is 15.2 Å². The summed E-state index contributed by atoms with van der Waals surface area (Å²) < 4.78 is 10.6. The first kappa shape index (κ1) is 15.3. The van der Waals surface area contributed by atoms with E-state index >= 15 is 0 Å². The molecule has 114 valence electrons. The van der Waals surface area contributed by atoms with Gasteiger partial charge in [0.25, 0.3) is 0 Å². The summed E-state index contributed by atoms with van der Waals surface area (Å²) >= 11 is 0. The van der Waals surface area contributed by atoms with Gasteiger partial charge in [0.1, 0.15) is 17.6 Å². The molecule has 0 saturated heterocycles. The number of hydrogen-bond donors (Lipinski definition) is 1. The second-order valence-corrected chi connectivity index (χ2v) is 4.83. The Morgan fingerprint density at radius 2 is 2.00 bits per heavy atom. The minimum Gasteiger partial charge on any atom is -0.494 e. The number of benzene rings is 1. The summed E-state index contributed by atoms with van der Waals surface area (Å²) in [6.07, 6.45) is 0.962. The Labute approximate surface area is 124 Å². The molecule has 6 heteroatoms. The second kappa shape index (κ2) is 7.08. The minimum atomic E-state index is -0.326. The minimum absolute atomic E-state index is 0.318. The maximum atomic E-state index is 11.9. The number of urea groups is 1. The van der Waals surface area contributed by atoms with E-state index in [-0.39, 0.29) is 12.1 Å². The van der Waals surface area contributed by atoms with Crippen molar-refractivity contribution in [2.75, 3.05) is 26.9 Å². The van der Waals surface area contributed by atoms with Crippen molar-refractivity contribution < 1.29 is 14.3 Å². The third-order valence-electron chi connectivity index (χ3n) is 3.27. The summed E-state index contributed by atoms with van der Waals surface area (Å²) in [5, 5.41) is 0. The third-order valence-corrected chi connectivity index (χ3v) is 3.27. The van der Waals surface area contributed by atoms with Gasteiger partial charge in [0, 0.05) is 13.7 Å². The summed E-state index contributed by atoms with van der Waals surface area (Å²) in [4.78, 5) is 17.3. The Balaban J connectivity index is 2.14. The highest BCUT2D eigenvalue weighted by Gasteiger charge is 2.34. The number of rotatable bonds is 7. The van der Waals surface area contributed by atoms with Crippen LogP contribution < -0.4 is 10.5 Å². The highest BCUT2D eigenvalue weighted by Crippen LogP contribution is 2.28. The van der Waals surface area contributed by atoms with Crippen molar-refractivity contribution in [1.82, 2.24) is 4.90 Å². The maximum Gasteiger partial charge on any atom is 0.346 e. The van der Waals surface area contributed by atoms with Crippen LogP contribution in [0.5, 0.6) is 5.75 Å². The topological polar surface area (TPSA) is 77.2 Å². The number of carbonyl (C=O) groups is 1. The highest BCUT2D eigenvalue weighted by atomic mass is 16.5. The molecule has 2 N–H and O–H groups in total. The van der Waals surface area contributed by atoms with Gasteiger partial charge in [0.05, 0.1) is 13.2 Å². The molecule has 0 fully saturated rings. The van der Waals surface area contributed by atoms with Crippen LogP contribution in [0.25, 0.3) is 0 Å². The van der Waals surface area contributed by atoms with Gasteiger partial charge < -0.3 is 20.1 Å². The number of aliphatic imine (C=N–C) groups is 1. The Bertz CT molecular complexity index is 513. The molecule has 6 nitrogen and oxygen atoms in total. The molecular weight excluding hydrogens is 270 g/mol. The fraction of sp³-hybridized carbons (Fsp3) is 0.467. The lowest BCUT2D eigenvalue weighted by molar-refractivity contribution is 0.150. The van der Waals surface area contributed by atoms with E-state index in [9.17, 15) is 4.79 Å². The van der Waals surface area contributed by atoms with E-state index in [0.29, 0.717) is 25.6 Å². The van der Waals surface area contributed by atoms with Crippen LogP contribution in [0.15, 0.2) is 29.3 Å². The number of ether oxygens (including phenoxy) is 2. The van der Waals surface area contributed by atoms with Crippen LogP contribution in [-0.4, -0.2) is 43.6 Å². The van der Waals surface area contributed by atoms with Crippen LogP contribution in [0.1, 0.15) is 24.9 Å². The van der Waals surface area contributed by atoms with Gasteiger partial charge in [-0.2, -0.15) is 4.99 Å². The van der Waals surface area contributed by atoms with Crippen LogP contribution in [0.4, 0.5) is 4.79 Å². The molecule has 0 bridgehead atoms. The molecule has 0 spiro atoms. The van der Waals surface area contributed by atoms with Crippen LogP contribution in [-0.2, 0) is 4.74 Å². The maximum absolute atomic E-state index is 11.9. The summed E-state index contributed by atoms with van der Waals surface area (Å²) in [6, 6.07) is 6.95. The quantitative estimate of drug-likeness (QED) is 0.833. The number of amidine groups is 1. The zero-order valence-corrected chi connectivity index (χ0v) is 12.4. The monoisotopic (exact) mass is 291 g/mol. The molecule has 1 heterocycles. The number of nitrogens with two attached hydrogens (primary N) is 1. The Morgan fingerprint density at radius 3 is 2.62 bits per heavy atom. The van der Waals surface area contributed by atoms with Crippen LogP contribution >= 0.6 is 0 Å². The lowest BCUT2D eigenvalue weighted by Gasteiger charge is -2.24. The van der Waals surface area contributed by atoms with E-state index in [1.165, 1.54) is 0 Å². The zero-order valence-electron chi connectivity index (χ0n) is 12.4. The lowest BCUT2D eigenvalue weighted by Crippen LogP contribution is -2.35. The van der Waals surface area contributed by atoms with Gasteiger partial charge in [-0.1, -0.05) is 19.1 Å². The van der Waals surface area contributed by atoms with E-state index < -0.39 is 0 Å². The normalized spacial score (nSPS) is 18.0. The zero-order chi connectivity index (χ0) is 15.2. The molecule has 1 atom stereocenters. The van der Waals surface area contributed by atoms with E-state index in [1.54, 1.807) is 12.0 Å². The first-order valence-corrected chi connectivity index (χ1v) is 7.03. The van der Waals surface area contributed by atoms with Gasteiger partial charge in [-0.05, 0) is 24.1 Å². The van der Waals surface area contributed by atoms with Crippen molar-refractivity contribution in [3.8, 4) is 5.75 Å². The van der Waals surface area contributed by atoms with Crippen molar-refractivity contribution in [3.05, 3.63) is 29.8 Å². The summed E-state index contributed by atoms with van der Waals surface area (Å²) in [7, 11) is 1.60. The second-order valence-electron chi connectivity index (χ2n) is 4.83. The molecule has 1 unspecified atom stereocenters. The first-order valence-electron chi connectivity index (χ1n) is 7.03. The predicted octanol–water partition coefficient (Wildman–Crippen LogP) is 1.96. The standard InChI is InChI=1S/C15H21N3O3/c1-3-9-21-12-6-4-11(5-7-12)13-14(16)17-15(19)18(13)8-10-20-2/h4-7,13H,3,8-10H2,1-2H3,(H2,16,17,19). The molecule has 1 aromatic rings. The average Bonchev–Trinajstić information content (AvgIpc) is 2.77. The molecule has 0 aliphatic carbocycles. The summed E-state index contributed by atoms with van der Waals surface area (Å²) in [5.74, 6) is 1.13. The fourth-order valence-electron chi connectivity index (χ4n) is 2.24. The predicted molar refractivity (Wildman–Crippen MR) is 80.6 cm³/mol. The Hall–Kier alpha value is -2.08. The molecule has 0 saturated carbocycles.